The molecule has 0 aliphatic carbocycles. The molecule has 7 nitrogen and oxygen atoms in total. The number of nitrogens with zero attached hydrogens (tertiary/aromatic N) is 1. The second kappa shape index (κ2) is 9.52. The third-order valence-electron chi connectivity index (χ3n) is 5.28. The number of amides is 3. The smallest absolute Gasteiger partial charge is 0.322 e. The lowest BCUT2D eigenvalue weighted by Gasteiger charge is -2.38. The second-order valence-corrected chi connectivity index (χ2v) is 7.56. The SMILES string of the molecule is COc1cc2c(cc1OC)[C@H](CNC(=O)C(C)C)N(C(=O)Nc1ccccc1)CC2. The normalized spacial score (nSPS) is 15.4. The van der Waals surface area contributed by atoms with Crippen LogP contribution in [0.4, 0.5) is 10.5 Å². The maximum absolute atomic E-state index is 13.1. The van der Waals surface area contributed by atoms with E-state index >= 15 is 0 Å². The fourth-order valence-corrected chi connectivity index (χ4v) is 3.61. The van der Waals surface area contributed by atoms with Crippen molar-refractivity contribution in [2.24, 2.45) is 5.92 Å². The van der Waals surface area contributed by atoms with Crippen molar-refractivity contribution in [3.8, 4) is 11.5 Å². The van der Waals surface area contributed by atoms with Crippen molar-refractivity contribution in [2.45, 2.75) is 26.3 Å². The molecule has 0 aromatic heterocycles. The number of para-hydroxylation sites is 1. The minimum absolute atomic E-state index is 0.0500. The zero-order valence-electron chi connectivity index (χ0n) is 17.9. The van der Waals surface area contributed by atoms with Gasteiger partial charge in [0.1, 0.15) is 0 Å². The number of carbonyl (C=O) groups is 2. The Hall–Kier alpha value is -3.22. The minimum Gasteiger partial charge on any atom is -0.493 e. The fraction of sp³-hybridized carbons (Fsp3) is 0.391. The minimum atomic E-state index is -0.319. The zero-order chi connectivity index (χ0) is 21.7. The van der Waals surface area contributed by atoms with E-state index in [-0.39, 0.29) is 23.9 Å². The van der Waals surface area contributed by atoms with Crippen LogP contribution in [-0.2, 0) is 11.2 Å². The molecular weight excluding hydrogens is 382 g/mol. The summed E-state index contributed by atoms with van der Waals surface area (Å²) < 4.78 is 10.9. The van der Waals surface area contributed by atoms with Crippen LogP contribution >= 0.6 is 0 Å². The molecule has 0 saturated heterocycles. The topological polar surface area (TPSA) is 79.9 Å². The molecule has 160 valence electrons. The molecule has 3 amide bonds. The number of ether oxygens (including phenoxy) is 2. The molecule has 0 unspecified atom stereocenters. The van der Waals surface area contributed by atoms with Crippen LogP contribution in [0.5, 0.6) is 11.5 Å². The van der Waals surface area contributed by atoms with Crippen LogP contribution in [0.3, 0.4) is 0 Å². The van der Waals surface area contributed by atoms with Gasteiger partial charge in [-0.3, -0.25) is 4.79 Å². The Kier molecular flexibility index (Phi) is 6.82. The van der Waals surface area contributed by atoms with Crippen molar-refractivity contribution in [3.05, 3.63) is 53.6 Å². The van der Waals surface area contributed by atoms with E-state index in [1.54, 1.807) is 19.1 Å². The number of fused-ring (bicyclic) bond motifs is 1. The van der Waals surface area contributed by atoms with Crippen molar-refractivity contribution in [2.75, 3.05) is 32.6 Å². The van der Waals surface area contributed by atoms with Gasteiger partial charge >= 0.3 is 6.03 Å². The number of nitrogens with one attached hydrogen (secondary N) is 2. The predicted octanol–water partition coefficient (Wildman–Crippen LogP) is 3.61. The maximum Gasteiger partial charge on any atom is 0.322 e. The van der Waals surface area contributed by atoms with Crippen molar-refractivity contribution < 1.29 is 19.1 Å². The van der Waals surface area contributed by atoms with Crippen LogP contribution in [0, 0.1) is 5.92 Å². The summed E-state index contributed by atoms with van der Waals surface area (Å²) in [5.74, 6) is 1.07. The lowest BCUT2D eigenvalue weighted by Crippen LogP contribution is -2.47. The zero-order valence-corrected chi connectivity index (χ0v) is 17.9. The molecule has 0 spiro atoms. The number of rotatable bonds is 6. The van der Waals surface area contributed by atoms with Gasteiger partial charge in [-0.05, 0) is 41.8 Å². The monoisotopic (exact) mass is 411 g/mol. The number of anilines is 1. The first-order valence-electron chi connectivity index (χ1n) is 10.1. The number of hydrogen-bond acceptors (Lipinski definition) is 4. The van der Waals surface area contributed by atoms with Crippen molar-refractivity contribution >= 4 is 17.6 Å². The molecule has 30 heavy (non-hydrogen) atoms. The molecule has 0 bridgehead atoms. The van der Waals surface area contributed by atoms with E-state index in [2.05, 4.69) is 10.6 Å². The number of urea groups is 1. The van der Waals surface area contributed by atoms with Gasteiger partial charge in [0.05, 0.1) is 20.3 Å². The summed E-state index contributed by atoms with van der Waals surface area (Å²) in [5, 5.41) is 5.93. The molecule has 2 N–H and O–H groups in total. The highest BCUT2D eigenvalue weighted by atomic mass is 16.5. The fourth-order valence-electron chi connectivity index (χ4n) is 3.61. The first-order valence-corrected chi connectivity index (χ1v) is 10.1. The third-order valence-corrected chi connectivity index (χ3v) is 5.28. The molecule has 1 heterocycles. The number of carbonyl (C=O) groups excluding carboxylic acids is 2. The van der Waals surface area contributed by atoms with E-state index in [1.165, 1.54) is 0 Å². The Morgan fingerprint density at radius 2 is 1.77 bits per heavy atom. The Morgan fingerprint density at radius 1 is 1.10 bits per heavy atom. The summed E-state index contributed by atoms with van der Waals surface area (Å²) in [5.41, 5.74) is 2.76. The van der Waals surface area contributed by atoms with Crippen LogP contribution < -0.4 is 20.1 Å². The third kappa shape index (κ3) is 4.67. The first-order chi connectivity index (χ1) is 14.4. The van der Waals surface area contributed by atoms with Gasteiger partial charge in [-0.15, -0.1) is 0 Å². The summed E-state index contributed by atoms with van der Waals surface area (Å²) in [4.78, 5) is 27.1. The van der Waals surface area contributed by atoms with E-state index in [0.29, 0.717) is 31.0 Å². The highest BCUT2D eigenvalue weighted by Crippen LogP contribution is 2.38. The van der Waals surface area contributed by atoms with Crippen LogP contribution in [0.1, 0.15) is 31.0 Å². The van der Waals surface area contributed by atoms with E-state index in [1.807, 2.05) is 56.3 Å². The predicted molar refractivity (Wildman–Crippen MR) is 116 cm³/mol. The average molecular weight is 412 g/mol. The molecule has 2 aromatic rings. The highest BCUT2D eigenvalue weighted by molar-refractivity contribution is 5.90. The summed E-state index contributed by atoms with van der Waals surface area (Å²) in [6.07, 6.45) is 0.687. The average Bonchev–Trinajstić information content (AvgIpc) is 2.76. The number of methoxy groups -OCH3 is 2. The van der Waals surface area contributed by atoms with Gasteiger partial charge in [0, 0.05) is 24.7 Å². The van der Waals surface area contributed by atoms with E-state index in [4.69, 9.17) is 9.47 Å². The summed E-state index contributed by atoms with van der Waals surface area (Å²) in [6, 6.07) is 12.7. The summed E-state index contributed by atoms with van der Waals surface area (Å²) in [6.45, 7) is 4.54. The van der Waals surface area contributed by atoms with Crippen LogP contribution in [0.25, 0.3) is 0 Å². The highest BCUT2D eigenvalue weighted by Gasteiger charge is 2.32. The number of benzene rings is 2. The van der Waals surface area contributed by atoms with Crippen LogP contribution in [0.2, 0.25) is 0 Å². The largest absolute Gasteiger partial charge is 0.493 e. The van der Waals surface area contributed by atoms with Gasteiger partial charge in [-0.2, -0.15) is 0 Å². The molecule has 1 aliphatic heterocycles. The lowest BCUT2D eigenvalue weighted by atomic mass is 9.91. The van der Waals surface area contributed by atoms with Gasteiger partial charge in [0.2, 0.25) is 5.91 Å². The summed E-state index contributed by atoms with van der Waals surface area (Å²) >= 11 is 0. The standard InChI is InChI=1S/C23H29N3O4/c1-15(2)22(27)24-14-19-18-13-21(30-4)20(29-3)12-16(18)10-11-26(19)23(28)25-17-8-6-5-7-9-17/h5-9,12-13,15,19H,10-11,14H2,1-4H3,(H,24,27)(H,25,28)/t19-/m0/s1. The van der Waals surface area contributed by atoms with Crippen LogP contribution in [0.15, 0.2) is 42.5 Å². The quantitative estimate of drug-likeness (QED) is 0.761. The second-order valence-electron chi connectivity index (χ2n) is 7.56. The molecule has 0 saturated carbocycles. The summed E-state index contributed by atoms with van der Waals surface area (Å²) in [7, 11) is 3.19. The molecule has 7 heteroatoms. The molecule has 1 atom stereocenters. The molecular formula is C23H29N3O4. The Morgan fingerprint density at radius 3 is 2.40 bits per heavy atom. The molecule has 0 fully saturated rings. The van der Waals surface area contributed by atoms with E-state index in [0.717, 1.165) is 16.8 Å². The van der Waals surface area contributed by atoms with Crippen molar-refractivity contribution in [1.82, 2.24) is 10.2 Å². The molecule has 2 aromatic carbocycles. The van der Waals surface area contributed by atoms with Gasteiger partial charge in [0.25, 0.3) is 0 Å². The first kappa shape index (κ1) is 21.5. The Bertz CT molecular complexity index is 899. The molecule has 3 rings (SSSR count). The lowest BCUT2D eigenvalue weighted by molar-refractivity contribution is -0.124. The van der Waals surface area contributed by atoms with Gasteiger partial charge < -0.3 is 25.0 Å². The Labute approximate surface area is 177 Å². The molecule has 0 radical (unpaired) electrons. The van der Waals surface area contributed by atoms with E-state index in [9.17, 15) is 9.59 Å². The van der Waals surface area contributed by atoms with Crippen molar-refractivity contribution in [1.29, 1.82) is 0 Å². The van der Waals surface area contributed by atoms with Crippen molar-refractivity contribution in [3.63, 3.8) is 0 Å². The van der Waals surface area contributed by atoms with E-state index < -0.39 is 0 Å². The van der Waals surface area contributed by atoms with Gasteiger partial charge in [0.15, 0.2) is 11.5 Å². The van der Waals surface area contributed by atoms with Gasteiger partial charge in [-0.1, -0.05) is 32.0 Å². The maximum atomic E-state index is 13.1. The Balaban J connectivity index is 1.92. The van der Waals surface area contributed by atoms with Crippen LogP contribution in [-0.4, -0.2) is 44.1 Å². The van der Waals surface area contributed by atoms with Gasteiger partial charge in [-0.25, -0.2) is 4.79 Å². The molecule has 1 aliphatic rings. The number of hydrogen-bond donors (Lipinski definition) is 2.